The molecule has 2 aromatic heterocycles. The van der Waals surface area contributed by atoms with Crippen molar-refractivity contribution in [1.29, 1.82) is 0 Å². The van der Waals surface area contributed by atoms with Crippen molar-refractivity contribution < 1.29 is 5.11 Å². The van der Waals surface area contributed by atoms with Gasteiger partial charge in [-0.3, -0.25) is 0 Å². The third-order valence-electron chi connectivity index (χ3n) is 2.24. The standard InChI is InChI=1S/C8H6ClN5OS2/c1-16-7-12-4(9)3-5(13-7)17-8-10-2-11-14(8)6(3)15/h2,6,15H,1H3. The molecule has 1 aliphatic rings. The fourth-order valence-corrected chi connectivity index (χ4v) is 3.23. The van der Waals surface area contributed by atoms with Crippen molar-refractivity contribution in [3.05, 3.63) is 17.0 Å². The third-order valence-corrected chi connectivity index (χ3v) is 4.06. The summed E-state index contributed by atoms with van der Waals surface area (Å²) in [5, 5.41) is 16.1. The third kappa shape index (κ3) is 1.71. The summed E-state index contributed by atoms with van der Waals surface area (Å²) in [5.74, 6) is 0. The average Bonchev–Trinajstić information content (AvgIpc) is 2.76. The molecule has 3 heterocycles. The number of aromatic nitrogens is 5. The molecule has 9 heteroatoms. The van der Waals surface area contributed by atoms with Gasteiger partial charge in [0.1, 0.15) is 16.5 Å². The highest BCUT2D eigenvalue weighted by Crippen LogP contribution is 2.40. The lowest BCUT2D eigenvalue weighted by atomic mass is 10.3. The molecule has 0 saturated carbocycles. The van der Waals surface area contributed by atoms with Crippen LogP contribution in [0.15, 0.2) is 21.7 Å². The first kappa shape index (κ1) is 11.3. The highest BCUT2D eigenvalue weighted by molar-refractivity contribution is 7.99. The summed E-state index contributed by atoms with van der Waals surface area (Å²) in [4.78, 5) is 12.4. The van der Waals surface area contributed by atoms with Crippen LogP contribution >= 0.6 is 35.1 Å². The minimum absolute atomic E-state index is 0.250. The van der Waals surface area contributed by atoms with Crippen molar-refractivity contribution in [1.82, 2.24) is 24.7 Å². The van der Waals surface area contributed by atoms with Crippen LogP contribution in [0.4, 0.5) is 0 Å². The molecule has 0 saturated heterocycles. The maximum Gasteiger partial charge on any atom is 0.195 e. The Labute approximate surface area is 110 Å². The first-order valence-corrected chi connectivity index (χ1v) is 6.99. The Morgan fingerprint density at radius 2 is 2.35 bits per heavy atom. The monoisotopic (exact) mass is 287 g/mol. The molecule has 3 rings (SSSR count). The number of fused-ring (bicyclic) bond motifs is 2. The predicted octanol–water partition coefficient (Wildman–Crippen LogP) is 1.45. The van der Waals surface area contributed by atoms with Crippen molar-refractivity contribution in [2.75, 3.05) is 6.26 Å². The Balaban J connectivity index is 2.19. The van der Waals surface area contributed by atoms with E-state index < -0.39 is 6.23 Å². The number of thioether (sulfide) groups is 1. The van der Waals surface area contributed by atoms with Crippen LogP contribution in [0.5, 0.6) is 0 Å². The Kier molecular flexibility index (Phi) is 2.74. The molecule has 1 N–H and O–H groups in total. The summed E-state index contributed by atoms with van der Waals surface area (Å²) >= 11 is 8.77. The molecule has 1 atom stereocenters. The zero-order valence-electron chi connectivity index (χ0n) is 8.53. The fraction of sp³-hybridized carbons (Fsp3) is 0.250. The van der Waals surface area contributed by atoms with E-state index in [4.69, 9.17) is 11.6 Å². The van der Waals surface area contributed by atoms with Gasteiger partial charge in [-0.25, -0.2) is 19.6 Å². The van der Waals surface area contributed by atoms with Crippen LogP contribution in [-0.2, 0) is 0 Å². The highest BCUT2D eigenvalue weighted by Gasteiger charge is 2.30. The zero-order valence-corrected chi connectivity index (χ0v) is 10.9. The Morgan fingerprint density at radius 1 is 1.53 bits per heavy atom. The van der Waals surface area contributed by atoms with Gasteiger partial charge >= 0.3 is 0 Å². The molecule has 0 aromatic carbocycles. The Hall–Kier alpha value is -0.830. The first-order valence-electron chi connectivity index (χ1n) is 4.57. The number of aliphatic hydroxyl groups is 1. The van der Waals surface area contributed by atoms with Crippen molar-refractivity contribution in [2.24, 2.45) is 0 Å². The normalized spacial score (nSPS) is 17.7. The minimum atomic E-state index is -0.979. The second-order valence-corrected chi connectivity index (χ2v) is 5.27. The minimum Gasteiger partial charge on any atom is -0.367 e. The second-order valence-electron chi connectivity index (χ2n) is 3.18. The number of aliphatic hydroxyl groups excluding tert-OH is 1. The molecule has 1 aliphatic heterocycles. The second kappa shape index (κ2) is 4.13. The molecule has 6 nitrogen and oxygen atoms in total. The average molecular weight is 288 g/mol. The van der Waals surface area contributed by atoms with Crippen LogP contribution in [0.1, 0.15) is 11.8 Å². The van der Waals surface area contributed by atoms with E-state index in [-0.39, 0.29) is 5.15 Å². The van der Waals surface area contributed by atoms with Crippen LogP contribution < -0.4 is 0 Å². The number of halogens is 1. The fourth-order valence-electron chi connectivity index (χ4n) is 1.48. The molecule has 0 aliphatic carbocycles. The largest absolute Gasteiger partial charge is 0.367 e. The molecule has 0 radical (unpaired) electrons. The Morgan fingerprint density at radius 3 is 3.12 bits per heavy atom. The number of hydrogen-bond donors (Lipinski definition) is 1. The molecular formula is C8H6ClN5OS2. The lowest BCUT2D eigenvalue weighted by Crippen LogP contribution is -2.19. The van der Waals surface area contributed by atoms with Crippen molar-refractivity contribution in [3.8, 4) is 0 Å². The molecule has 0 spiro atoms. The summed E-state index contributed by atoms with van der Waals surface area (Å²) in [6, 6.07) is 0. The lowest BCUT2D eigenvalue weighted by Gasteiger charge is -2.21. The van der Waals surface area contributed by atoms with Crippen LogP contribution in [0, 0.1) is 0 Å². The van der Waals surface area contributed by atoms with E-state index in [1.807, 2.05) is 6.26 Å². The summed E-state index contributed by atoms with van der Waals surface area (Å²) < 4.78 is 1.39. The van der Waals surface area contributed by atoms with E-state index in [0.717, 1.165) is 0 Å². The first-order chi connectivity index (χ1) is 8.20. The quantitative estimate of drug-likeness (QED) is 0.483. The van der Waals surface area contributed by atoms with Gasteiger partial charge in [0, 0.05) is 0 Å². The topological polar surface area (TPSA) is 76.7 Å². The van der Waals surface area contributed by atoms with Gasteiger partial charge in [-0.2, -0.15) is 5.10 Å². The van der Waals surface area contributed by atoms with Crippen molar-refractivity contribution >= 4 is 35.1 Å². The van der Waals surface area contributed by atoms with Crippen molar-refractivity contribution in [2.45, 2.75) is 21.6 Å². The smallest absolute Gasteiger partial charge is 0.195 e. The van der Waals surface area contributed by atoms with Crippen LogP contribution in [0.25, 0.3) is 0 Å². The van der Waals surface area contributed by atoms with Gasteiger partial charge in [0.2, 0.25) is 0 Å². The molecule has 2 aromatic rings. The number of hydrogen-bond acceptors (Lipinski definition) is 7. The zero-order chi connectivity index (χ0) is 12.0. The number of rotatable bonds is 1. The van der Waals surface area contributed by atoms with Crippen LogP contribution in [-0.4, -0.2) is 36.1 Å². The van der Waals surface area contributed by atoms with Gasteiger partial charge in [-0.15, -0.1) is 0 Å². The Bertz CT molecular complexity index is 589. The van der Waals surface area contributed by atoms with Crippen LogP contribution in [0.3, 0.4) is 0 Å². The van der Waals surface area contributed by atoms with E-state index in [1.165, 1.54) is 34.5 Å². The van der Waals surface area contributed by atoms with E-state index in [0.29, 0.717) is 20.9 Å². The molecule has 0 bridgehead atoms. The number of nitrogens with zero attached hydrogens (tertiary/aromatic N) is 5. The van der Waals surface area contributed by atoms with Crippen molar-refractivity contribution in [3.63, 3.8) is 0 Å². The predicted molar refractivity (Wildman–Crippen MR) is 63.3 cm³/mol. The van der Waals surface area contributed by atoms with Gasteiger partial charge in [0.15, 0.2) is 16.5 Å². The van der Waals surface area contributed by atoms with E-state index in [1.54, 1.807) is 0 Å². The van der Waals surface area contributed by atoms with Gasteiger partial charge in [0.05, 0.1) is 5.56 Å². The van der Waals surface area contributed by atoms with E-state index in [9.17, 15) is 5.11 Å². The highest BCUT2D eigenvalue weighted by atomic mass is 35.5. The summed E-state index contributed by atoms with van der Waals surface area (Å²) in [6.45, 7) is 0. The van der Waals surface area contributed by atoms with Gasteiger partial charge in [-0.05, 0) is 18.0 Å². The molecule has 0 amide bonds. The lowest BCUT2D eigenvalue weighted by molar-refractivity contribution is 0.114. The van der Waals surface area contributed by atoms with E-state index >= 15 is 0 Å². The summed E-state index contributed by atoms with van der Waals surface area (Å²) in [5.41, 5.74) is 0.479. The van der Waals surface area contributed by atoms with Gasteiger partial charge in [0.25, 0.3) is 0 Å². The molecular weight excluding hydrogens is 282 g/mol. The maximum absolute atomic E-state index is 10.1. The van der Waals surface area contributed by atoms with Gasteiger partial charge < -0.3 is 5.11 Å². The maximum atomic E-state index is 10.1. The molecule has 17 heavy (non-hydrogen) atoms. The van der Waals surface area contributed by atoms with Gasteiger partial charge in [-0.1, -0.05) is 23.4 Å². The molecule has 88 valence electrons. The van der Waals surface area contributed by atoms with E-state index in [2.05, 4.69) is 20.1 Å². The summed E-state index contributed by atoms with van der Waals surface area (Å²) in [6.07, 6.45) is 2.27. The molecule has 1 unspecified atom stereocenters. The SMILES string of the molecule is CSc1nc(Cl)c2c(n1)Sc1ncnn1C2O. The molecule has 0 fully saturated rings. The van der Waals surface area contributed by atoms with Crippen LogP contribution in [0.2, 0.25) is 5.15 Å². The summed E-state index contributed by atoms with van der Waals surface area (Å²) in [7, 11) is 0.